The first kappa shape index (κ1) is 33.4. The maximum absolute atomic E-state index is 12.9. The van der Waals surface area contributed by atoms with E-state index in [0.717, 1.165) is 56.1 Å². The number of benzene rings is 2. The lowest BCUT2D eigenvalue weighted by atomic mass is 9.81. The quantitative estimate of drug-likeness (QED) is 0.387. The van der Waals surface area contributed by atoms with E-state index in [1.54, 1.807) is 7.05 Å². The van der Waals surface area contributed by atoms with Gasteiger partial charge in [0, 0.05) is 7.05 Å². The zero-order valence-corrected chi connectivity index (χ0v) is 25.8. The molecular formula is C34H47N3O7. The smallest absolute Gasteiger partial charge is 0.332 e. The van der Waals surface area contributed by atoms with E-state index in [9.17, 15) is 14.4 Å². The molecule has 10 heteroatoms. The molecule has 240 valence electrons. The van der Waals surface area contributed by atoms with Gasteiger partial charge in [0.1, 0.15) is 24.3 Å². The summed E-state index contributed by atoms with van der Waals surface area (Å²) in [6.07, 6.45) is 8.34. The van der Waals surface area contributed by atoms with Crippen LogP contribution in [0.25, 0.3) is 0 Å². The molecule has 1 aliphatic heterocycles. The molecule has 3 fully saturated rings. The highest BCUT2D eigenvalue weighted by molar-refractivity contribution is 5.87. The highest BCUT2D eigenvalue weighted by Crippen LogP contribution is 2.30. The van der Waals surface area contributed by atoms with Gasteiger partial charge in [-0.15, -0.1) is 0 Å². The number of carbonyl (C=O) groups is 3. The Hall–Kier alpha value is -3.47. The van der Waals surface area contributed by atoms with E-state index in [2.05, 4.69) is 5.32 Å². The molecule has 3 N–H and O–H groups in total. The fraction of sp³-hybridized carbons (Fsp3) is 0.559. The number of rotatable bonds is 9. The second-order valence-electron chi connectivity index (χ2n) is 12.0. The number of carbonyl (C=O) groups excluding carboxylic acids is 3. The van der Waals surface area contributed by atoms with Crippen LogP contribution in [0.1, 0.15) is 75.3 Å². The molecule has 2 aromatic carbocycles. The summed E-state index contributed by atoms with van der Waals surface area (Å²) < 4.78 is 21.6. The van der Waals surface area contributed by atoms with Gasteiger partial charge in [-0.1, -0.05) is 99.2 Å². The van der Waals surface area contributed by atoms with Crippen molar-refractivity contribution in [3.05, 3.63) is 71.8 Å². The van der Waals surface area contributed by atoms with Crippen molar-refractivity contribution in [2.75, 3.05) is 26.8 Å². The summed E-state index contributed by atoms with van der Waals surface area (Å²) >= 11 is 0. The summed E-state index contributed by atoms with van der Waals surface area (Å²) in [4.78, 5) is 39.0. The number of nitrogens with two attached hydrogens (primary N) is 1. The van der Waals surface area contributed by atoms with Crippen molar-refractivity contribution in [2.45, 2.75) is 94.8 Å². The number of nitrogens with zero attached hydrogens (tertiary/aromatic N) is 1. The minimum Gasteiger partial charge on any atom is -0.459 e. The molecule has 2 amide bonds. The molecule has 0 atom stereocenters. The predicted octanol–water partition coefficient (Wildman–Crippen LogP) is 4.84. The van der Waals surface area contributed by atoms with Crippen LogP contribution in [0.15, 0.2) is 60.7 Å². The molecule has 0 bridgehead atoms. The van der Waals surface area contributed by atoms with Crippen LogP contribution in [0.2, 0.25) is 0 Å². The van der Waals surface area contributed by atoms with Crippen molar-refractivity contribution >= 4 is 18.0 Å². The van der Waals surface area contributed by atoms with Gasteiger partial charge in [-0.25, -0.2) is 9.59 Å². The summed E-state index contributed by atoms with van der Waals surface area (Å²) in [6.45, 7) is 1.92. The van der Waals surface area contributed by atoms with Crippen LogP contribution in [0, 0.1) is 0 Å². The number of esters is 2. The summed E-state index contributed by atoms with van der Waals surface area (Å²) in [7, 11) is 1.67. The number of nitrogens with one attached hydrogen (secondary N) is 1. The molecule has 2 saturated carbocycles. The Morgan fingerprint density at radius 1 is 0.773 bits per heavy atom. The van der Waals surface area contributed by atoms with E-state index < -0.39 is 17.4 Å². The maximum Gasteiger partial charge on any atom is 0.332 e. The standard InChI is InChI=1S/C20H28N2O5.C14H19NO2/c1-22(14-17-25-12-13-26-17)19(24)21-20(10-6-3-7-11-20)18(23)27-15-16-8-4-2-5-9-16;15-14(9-5-2-6-10-14)13(16)17-11-12-7-3-1-4-8-12/h2,4-5,8-9,17H,3,6-7,10-15H2,1H3,(H,21,24);1,3-4,7-8H,2,5-6,9-11,15H2. The lowest BCUT2D eigenvalue weighted by molar-refractivity contribution is -0.154. The normalized spacial score (nSPS) is 19.1. The molecule has 44 heavy (non-hydrogen) atoms. The van der Waals surface area contributed by atoms with Gasteiger partial charge < -0.3 is 34.9 Å². The zero-order valence-electron chi connectivity index (χ0n) is 25.8. The highest BCUT2D eigenvalue weighted by Gasteiger charge is 2.43. The maximum atomic E-state index is 12.9. The third-order valence-corrected chi connectivity index (χ3v) is 8.48. The Labute approximate surface area is 260 Å². The van der Waals surface area contributed by atoms with Gasteiger partial charge in [0.05, 0.1) is 19.8 Å². The van der Waals surface area contributed by atoms with Crippen molar-refractivity contribution in [3.8, 4) is 0 Å². The Bertz CT molecular complexity index is 1180. The average molecular weight is 610 g/mol. The third-order valence-electron chi connectivity index (χ3n) is 8.48. The number of likely N-dealkylation sites (N-methyl/N-ethyl adjacent to an activating group) is 1. The number of hydrogen-bond donors (Lipinski definition) is 2. The Morgan fingerprint density at radius 2 is 1.25 bits per heavy atom. The monoisotopic (exact) mass is 609 g/mol. The van der Waals surface area contributed by atoms with Gasteiger partial charge >= 0.3 is 18.0 Å². The average Bonchev–Trinajstić information content (AvgIpc) is 3.57. The number of hydrogen-bond acceptors (Lipinski definition) is 8. The largest absolute Gasteiger partial charge is 0.459 e. The Morgan fingerprint density at radius 3 is 1.77 bits per heavy atom. The van der Waals surface area contributed by atoms with Crippen molar-refractivity contribution in [1.82, 2.24) is 10.2 Å². The molecule has 1 heterocycles. The van der Waals surface area contributed by atoms with Gasteiger partial charge in [-0.05, 0) is 36.8 Å². The topological polar surface area (TPSA) is 129 Å². The fourth-order valence-corrected chi connectivity index (χ4v) is 5.77. The van der Waals surface area contributed by atoms with Crippen LogP contribution >= 0.6 is 0 Å². The Kier molecular flexibility index (Phi) is 12.6. The highest BCUT2D eigenvalue weighted by atomic mass is 16.7. The van der Waals surface area contributed by atoms with Crippen LogP contribution < -0.4 is 11.1 Å². The van der Waals surface area contributed by atoms with E-state index >= 15 is 0 Å². The van der Waals surface area contributed by atoms with Gasteiger partial charge in [0.15, 0.2) is 6.29 Å². The second kappa shape index (κ2) is 16.6. The molecule has 0 spiro atoms. The Balaban J connectivity index is 0.000000223. The first-order valence-electron chi connectivity index (χ1n) is 15.8. The first-order chi connectivity index (χ1) is 21.3. The molecule has 3 aliphatic rings. The first-order valence-corrected chi connectivity index (χ1v) is 15.8. The van der Waals surface area contributed by atoms with Crippen molar-refractivity contribution in [1.29, 1.82) is 0 Å². The van der Waals surface area contributed by atoms with Crippen LogP contribution in [0.3, 0.4) is 0 Å². The SMILES string of the molecule is CN(CC1OCCO1)C(=O)NC1(C(=O)OCc2ccccc2)CCCCC1.NC1(C(=O)OCc2ccccc2)CCCCC1. The van der Waals surface area contributed by atoms with Crippen molar-refractivity contribution in [2.24, 2.45) is 5.73 Å². The van der Waals surface area contributed by atoms with Gasteiger partial charge in [0.25, 0.3) is 0 Å². The summed E-state index contributed by atoms with van der Waals surface area (Å²) in [5.74, 6) is -0.609. The van der Waals surface area contributed by atoms with Crippen LogP contribution in [0.5, 0.6) is 0 Å². The fourth-order valence-electron chi connectivity index (χ4n) is 5.77. The minimum absolute atomic E-state index is 0.205. The molecule has 0 unspecified atom stereocenters. The molecular weight excluding hydrogens is 562 g/mol. The van der Waals surface area contributed by atoms with Gasteiger partial charge in [-0.3, -0.25) is 4.79 Å². The van der Waals surface area contributed by atoms with Crippen molar-refractivity contribution in [3.63, 3.8) is 0 Å². The molecule has 10 nitrogen and oxygen atoms in total. The molecule has 0 radical (unpaired) electrons. The molecule has 1 saturated heterocycles. The summed E-state index contributed by atoms with van der Waals surface area (Å²) in [6, 6.07) is 18.9. The van der Waals surface area contributed by atoms with E-state index in [1.807, 2.05) is 60.7 Å². The second-order valence-corrected chi connectivity index (χ2v) is 12.0. The molecule has 2 aromatic rings. The van der Waals surface area contributed by atoms with Crippen molar-refractivity contribution < 1.29 is 33.3 Å². The minimum atomic E-state index is -0.963. The van der Waals surface area contributed by atoms with Gasteiger partial charge in [-0.2, -0.15) is 0 Å². The number of amides is 2. The summed E-state index contributed by atoms with van der Waals surface area (Å²) in [5.41, 5.74) is 6.31. The molecule has 0 aromatic heterocycles. The zero-order chi connectivity index (χ0) is 31.3. The van der Waals surface area contributed by atoms with Crippen LogP contribution in [-0.4, -0.2) is 67.0 Å². The van der Waals surface area contributed by atoms with E-state index in [1.165, 1.54) is 11.3 Å². The lowest BCUT2D eigenvalue weighted by Gasteiger charge is -2.37. The summed E-state index contributed by atoms with van der Waals surface area (Å²) in [5, 5.41) is 2.94. The van der Waals surface area contributed by atoms with Crippen LogP contribution in [-0.2, 0) is 41.8 Å². The number of urea groups is 1. The lowest BCUT2D eigenvalue weighted by Crippen LogP contribution is -2.59. The van der Waals surface area contributed by atoms with E-state index in [0.29, 0.717) is 39.2 Å². The van der Waals surface area contributed by atoms with Crippen LogP contribution in [0.4, 0.5) is 4.79 Å². The van der Waals surface area contributed by atoms with E-state index in [-0.39, 0.29) is 24.6 Å². The van der Waals surface area contributed by atoms with Gasteiger partial charge in [0.2, 0.25) is 0 Å². The number of ether oxygens (including phenoxy) is 4. The van der Waals surface area contributed by atoms with E-state index in [4.69, 9.17) is 24.7 Å². The predicted molar refractivity (Wildman–Crippen MR) is 165 cm³/mol. The third kappa shape index (κ3) is 9.77. The molecule has 5 rings (SSSR count). The molecule has 2 aliphatic carbocycles.